The van der Waals surface area contributed by atoms with Crippen molar-refractivity contribution in [2.24, 2.45) is 0 Å². The summed E-state index contributed by atoms with van der Waals surface area (Å²) in [5.41, 5.74) is 1.83. The Hall–Kier alpha value is -1.35. The van der Waals surface area contributed by atoms with Crippen LogP contribution in [-0.2, 0) is 0 Å². The molecule has 0 saturated carbocycles. The SMILES string of the molecule is Cc1ccccc1C(=O)NCCCN1CCCCC1. The summed E-state index contributed by atoms with van der Waals surface area (Å²) in [5, 5.41) is 3.01. The van der Waals surface area contributed by atoms with Crippen molar-refractivity contribution in [2.75, 3.05) is 26.2 Å². The van der Waals surface area contributed by atoms with E-state index in [1.165, 1.54) is 32.4 Å². The third kappa shape index (κ3) is 4.35. The first-order valence-electron chi connectivity index (χ1n) is 7.33. The van der Waals surface area contributed by atoms with E-state index in [9.17, 15) is 4.79 Å². The Kier molecular flexibility index (Phi) is 5.40. The maximum Gasteiger partial charge on any atom is 0.251 e. The van der Waals surface area contributed by atoms with Crippen molar-refractivity contribution >= 4 is 5.91 Å². The molecular weight excluding hydrogens is 236 g/mol. The van der Waals surface area contributed by atoms with E-state index < -0.39 is 0 Å². The molecular formula is C16H24N2O. The number of hydrogen-bond donors (Lipinski definition) is 1. The van der Waals surface area contributed by atoms with Gasteiger partial charge in [-0.1, -0.05) is 24.6 Å². The Morgan fingerprint density at radius 2 is 1.95 bits per heavy atom. The number of amides is 1. The van der Waals surface area contributed by atoms with Crippen LogP contribution in [0.25, 0.3) is 0 Å². The first kappa shape index (κ1) is 14.1. The molecule has 1 heterocycles. The summed E-state index contributed by atoms with van der Waals surface area (Å²) in [6, 6.07) is 7.73. The average molecular weight is 260 g/mol. The first-order valence-corrected chi connectivity index (χ1v) is 7.33. The van der Waals surface area contributed by atoms with E-state index in [2.05, 4.69) is 10.2 Å². The van der Waals surface area contributed by atoms with Gasteiger partial charge in [0.1, 0.15) is 0 Å². The maximum atomic E-state index is 12.0. The third-order valence-corrected chi connectivity index (χ3v) is 3.78. The highest BCUT2D eigenvalue weighted by Crippen LogP contribution is 2.09. The van der Waals surface area contributed by atoms with Gasteiger partial charge in [-0.2, -0.15) is 0 Å². The van der Waals surface area contributed by atoms with Gasteiger partial charge in [-0.3, -0.25) is 4.79 Å². The molecule has 3 heteroatoms. The van der Waals surface area contributed by atoms with Crippen LogP contribution in [0, 0.1) is 6.92 Å². The third-order valence-electron chi connectivity index (χ3n) is 3.78. The van der Waals surface area contributed by atoms with Crippen LogP contribution in [0.15, 0.2) is 24.3 Å². The minimum absolute atomic E-state index is 0.0525. The lowest BCUT2D eigenvalue weighted by Crippen LogP contribution is -2.33. The second kappa shape index (κ2) is 7.29. The summed E-state index contributed by atoms with van der Waals surface area (Å²) in [6.45, 7) is 6.30. The molecule has 1 aliphatic rings. The molecule has 0 unspecified atom stereocenters. The van der Waals surface area contributed by atoms with Crippen molar-refractivity contribution in [3.05, 3.63) is 35.4 Å². The Labute approximate surface area is 116 Å². The van der Waals surface area contributed by atoms with Crippen molar-refractivity contribution < 1.29 is 4.79 Å². The molecule has 0 radical (unpaired) electrons. The van der Waals surface area contributed by atoms with E-state index in [1.54, 1.807) is 0 Å². The molecule has 3 nitrogen and oxygen atoms in total. The molecule has 1 N–H and O–H groups in total. The lowest BCUT2D eigenvalue weighted by molar-refractivity contribution is 0.0950. The molecule has 0 spiro atoms. The number of rotatable bonds is 5. The van der Waals surface area contributed by atoms with E-state index in [0.717, 1.165) is 30.6 Å². The number of nitrogens with zero attached hydrogens (tertiary/aromatic N) is 1. The number of nitrogens with one attached hydrogen (secondary N) is 1. The predicted octanol–water partition coefficient (Wildman–Crippen LogP) is 2.60. The summed E-state index contributed by atoms with van der Waals surface area (Å²) in [7, 11) is 0. The molecule has 104 valence electrons. The van der Waals surface area contributed by atoms with E-state index in [-0.39, 0.29) is 5.91 Å². The molecule has 2 rings (SSSR count). The molecule has 19 heavy (non-hydrogen) atoms. The van der Waals surface area contributed by atoms with Crippen LogP contribution in [0.1, 0.15) is 41.6 Å². The number of piperidine rings is 1. The van der Waals surface area contributed by atoms with Gasteiger partial charge in [0.2, 0.25) is 0 Å². The number of benzene rings is 1. The van der Waals surface area contributed by atoms with Crippen molar-refractivity contribution in [1.29, 1.82) is 0 Å². The highest BCUT2D eigenvalue weighted by molar-refractivity contribution is 5.95. The molecule has 1 amide bonds. The lowest BCUT2D eigenvalue weighted by Gasteiger charge is -2.26. The van der Waals surface area contributed by atoms with Gasteiger partial charge in [-0.05, 0) is 57.5 Å². The minimum Gasteiger partial charge on any atom is -0.352 e. The maximum absolute atomic E-state index is 12.0. The van der Waals surface area contributed by atoms with Crippen LogP contribution in [0.2, 0.25) is 0 Å². The van der Waals surface area contributed by atoms with Gasteiger partial charge in [0, 0.05) is 12.1 Å². The van der Waals surface area contributed by atoms with Gasteiger partial charge < -0.3 is 10.2 Å². The Morgan fingerprint density at radius 1 is 1.21 bits per heavy atom. The molecule has 0 aromatic heterocycles. The van der Waals surface area contributed by atoms with E-state index in [0.29, 0.717) is 0 Å². The summed E-state index contributed by atoms with van der Waals surface area (Å²) in [4.78, 5) is 14.5. The van der Waals surface area contributed by atoms with E-state index in [1.807, 2.05) is 31.2 Å². The van der Waals surface area contributed by atoms with Gasteiger partial charge in [-0.25, -0.2) is 0 Å². The van der Waals surface area contributed by atoms with Gasteiger partial charge in [-0.15, -0.1) is 0 Å². The zero-order valence-corrected chi connectivity index (χ0v) is 11.8. The van der Waals surface area contributed by atoms with Crippen molar-refractivity contribution in [3.8, 4) is 0 Å². The van der Waals surface area contributed by atoms with Gasteiger partial charge >= 0.3 is 0 Å². The molecule has 0 aliphatic carbocycles. The van der Waals surface area contributed by atoms with Crippen LogP contribution in [0.5, 0.6) is 0 Å². The zero-order valence-electron chi connectivity index (χ0n) is 11.8. The smallest absolute Gasteiger partial charge is 0.251 e. The standard InChI is InChI=1S/C16H24N2O/c1-14-8-3-4-9-15(14)16(19)17-10-7-13-18-11-5-2-6-12-18/h3-4,8-9H,2,5-7,10-13H2,1H3,(H,17,19). The number of hydrogen-bond acceptors (Lipinski definition) is 2. The van der Waals surface area contributed by atoms with Crippen LogP contribution >= 0.6 is 0 Å². The van der Waals surface area contributed by atoms with E-state index >= 15 is 0 Å². The molecule has 1 aliphatic heterocycles. The summed E-state index contributed by atoms with van der Waals surface area (Å²) >= 11 is 0. The number of carbonyl (C=O) groups is 1. The first-order chi connectivity index (χ1) is 9.27. The second-order valence-corrected chi connectivity index (χ2v) is 5.33. The zero-order chi connectivity index (χ0) is 13.5. The molecule has 0 bridgehead atoms. The number of likely N-dealkylation sites (tertiary alicyclic amines) is 1. The van der Waals surface area contributed by atoms with Gasteiger partial charge in [0.05, 0.1) is 0 Å². The highest BCUT2D eigenvalue weighted by Gasteiger charge is 2.10. The quantitative estimate of drug-likeness (QED) is 0.825. The highest BCUT2D eigenvalue weighted by atomic mass is 16.1. The van der Waals surface area contributed by atoms with E-state index in [4.69, 9.17) is 0 Å². The van der Waals surface area contributed by atoms with Crippen LogP contribution < -0.4 is 5.32 Å². The second-order valence-electron chi connectivity index (χ2n) is 5.33. The lowest BCUT2D eigenvalue weighted by atomic mass is 10.1. The molecule has 1 fully saturated rings. The topological polar surface area (TPSA) is 32.3 Å². The van der Waals surface area contributed by atoms with Crippen LogP contribution in [0.4, 0.5) is 0 Å². The normalized spacial score (nSPS) is 16.3. The molecule has 0 atom stereocenters. The van der Waals surface area contributed by atoms with Crippen molar-refractivity contribution in [2.45, 2.75) is 32.6 Å². The summed E-state index contributed by atoms with van der Waals surface area (Å²) < 4.78 is 0. The van der Waals surface area contributed by atoms with Gasteiger partial charge in [0.25, 0.3) is 5.91 Å². The number of carbonyl (C=O) groups excluding carboxylic acids is 1. The summed E-state index contributed by atoms with van der Waals surface area (Å²) in [5.74, 6) is 0.0525. The average Bonchev–Trinajstić information content (AvgIpc) is 2.45. The Bertz CT molecular complexity index is 411. The molecule has 1 aromatic rings. The van der Waals surface area contributed by atoms with Crippen molar-refractivity contribution in [3.63, 3.8) is 0 Å². The van der Waals surface area contributed by atoms with Crippen LogP contribution in [-0.4, -0.2) is 37.0 Å². The molecule has 1 aromatic carbocycles. The predicted molar refractivity (Wildman–Crippen MR) is 78.4 cm³/mol. The summed E-state index contributed by atoms with van der Waals surface area (Å²) in [6.07, 6.45) is 5.07. The Morgan fingerprint density at radius 3 is 2.68 bits per heavy atom. The van der Waals surface area contributed by atoms with Gasteiger partial charge in [0.15, 0.2) is 0 Å². The minimum atomic E-state index is 0.0525. The largest absolute Gasteiger partial charge is 0.352 e. The monoisotopic (exact) mass is 260 g/mol. The number of aryl methyl sites for hydroxylation is 1. The van der Waals surface area contributed by atoms with Crippen molar-refractivity contribution in [1.82, 2.24) is 10.2 Å². The fourth-order valence-electron chi connectivity index (χ4n) is 2.61. The van der Waals surface area contributed by atoms with Crippen LogP contribution in [0.3, 0.4) is 0 Å². The molecule has 1 saturated heterocycles. The Balaban J connectivity index is 1.68. The fourth-order valence-corrected chi connectivity index (χ4v) is 2.61. The fraction of sp³-hybridized carbons (Fsp3) is 0.562.